The second-order valence-corrected chi connectivity index (χ2v) is 7.87. The Bertz CT molecular complexity index is 1010. The van der Waals surface area contributed by atoms with Crippen molar-refractivity contribution in [1.29, 1.82) is 0 Å². The number of unbranched alkanes of at least 4 members (excludes halogenated alkanes) is 5. The SMILES string of the molecule is CCCCCCCCc1ccc(OCC(=O)Cn2ncc3cc(C(=O)O)ccc32)cc1. The molecule has 0 fully saturated rings. The van der Waals surface area contributed by atoms with Crippen molar-refractivity contribution in [3.05, 3.63) is 59.8 Å². The molecule has 0 spiro atoms. The topological polar surface area (TPSA) is 81.4 Å². The Morgan fingerprint density at radius 3 is 2.48 bits per heavy atom. The van der Waals surface area contributed by atoms with Crippen LogP contribution >= 0.6 is 0 Å². The summed E-state index contributed by atoms with van der Waals surface area (Å²) in [4.78, 5) is 23.4. The molecule has 1 heterocycles. The fraction of sp³-hybridized carbons (Fsp3) is 0.400. The van der Waals surface area contributed by atoms with Crippen LogP contribution in [-0.4, -0.2) is 33.2 Å². The maximum absolute atomic E-state index is 12.3. The molecule has 31 heavy (non-hydrogen) atoms. The minimum Gasteiger partial charge on any atom is -0.486 e. The number of benzene rings is 2. The molecule has 6 heteroatoms. The molecule has 2 aromatic carbocycles. The molecular weight excluding hydrogens is 392 g/mol. The average molecular weight is 423 g/mol. The van der Waals surface area contributed by atoms with Gasteiger partial charge in [0.2, 0.25) is 0 Å². The van der Waals surface area contributed by atoms with Crippen LogP contribution in [0.3, 0.4) is 0 Å². The van der Waals surface area contributed by atoms with Gasteiger partial charge in [-0.1, -0.05) is 51.2 Å². The number of carboxylic acids is 1. The molecule has 0 atom stereocenters. The van der Waals surface area contributed by atoms with Gasteiger partial charge in [0.1, 0.15) is 18.9 Å². The monoisotopic (exact) mass is 422 g/mol. The van der Waals surface area contributed by atoms with Gasteiger partial charge in [-0.15, -0.1) is 0 Å². The number of aromatic carboxylic acids is 1. The predicted octanol–water partition coefficient (Wildman–Crippen LogP) is 5.29. The number of fused-ring (bicyclic) bond motifs is 1. The highest BCUT2D eigenvalue weighted by atomic mass is 16.5. The first-order chi connectivity index (χ1) is 15.1. The summed E-state index contributed by atoms with van der Waals surface area (Å²) in [5, 5.41) is 14.0. The molecule has 0 aliphatic carbocycles. The van der Waals surface area contributed by atoms with Crippen LogP contribution in [0, 0.1) is 0 Å². The first kappa shape index (κ1) is 22.5. The maximum Gasteiger partial charge on any atom is 0.335 e. The number of aryl methyl sites for hydroxylation is 1. The summed E-state index contributed by atoms with van der Waals surface area (Å²) in [7, 11) is 0. The highest BCUT2D eigenvalue weighted by molar-refractivity contribution is 5.93. The number of ketones is 1. The zero-order chi connectivity index (χ0) is 22.1. The van der Waals surface area contributed by atoms with Gasteiger partial charge in [-0.05, 0) is 48.7 Å². The van der Waals surface area contributed by atoms with Crippen LogP contribution in [0.5, 0.6) is 5.75 Å². The highest BCUT2D eigenvalue weighted by Gasteiger charge is 2.11. The van der Waals surface area contributed by atoms with Gasteiger partial charge in [-0.3, -0.25) is 9.48 Å². The van der Waals surface area contributed by atoms with Gasteiger partial charge in [-0.25, -0.2) is 4.79 Å². The number of ether oxygens (including phenoxy) is 1. The van der Waals surface area contributed by atoms with Crippen molar-refractivity contribution in [2.75, 3.05) is 6.61 Å². The third kappa shape index (κ3) is 6.67. The Hall–Kier alpha value is -3.15. The fourth-order valence-electron chi connectivity index (χ4n) is 3.58. The zero-order valence-corrected chi connectivity index (χ0v) is 18.0. The molecule has 1 N–H and O–H groups in total. The van der Waals surface area contributed by atoms with Crippen LogP contribution in [0.25, 0.3) is 10.9 Å². The average Bonchev–Trinajstić information content (AvgIpc) is 3.17. The molecule has 0 radical (unpaired) electrons. The lowest BCUT2D eigenvalue weighted by molar-refractivity contribution is -0.121. The molecule has 0 aliphatic heterocycles. The fourth-order valence-corrected chi connectivity index (χ4v) is 3.58. The van der Waals surface area contributed by atoms with Gasteiger partial charge in [0.15, 0.2) is 5.78 Å². The van der Waals surface area contributed by atoms with Crippen molar-refractivity contribution in [2.45, 2.75) is 58.4 Å². The lowest BCUT2D eigenvalue weighted by Gasteiger charge is -2.08. The number of hydrogen-bond acceptors (Lipinski definition) is 4. The number of carboxylic acid groups (broad SMARTS) is 1. The van der Waals surface area contributed by atoms with E-state index in [0.717, 1.165) is 11.9 Å². The lowest BCUT2D eigenvalue weighted by Crippen LogP contribution is -2.18. The molecule has 0 amide bonds. The summed E-state index contributed by atoms with van der Waals surface area (Å²) >= 11 is 0. The number of rotatable bonds is 13. The van der Waals surface area contributed by atoms with E-state index in [1.165, 1.54) is 50.2 Å². The van der Waals surface area contributed by atoms with Crippen LogP contribution in [0.4, 0.5) is 0 Å². The normalized spacial score (nSPS) is 11.0. The van der Waals surface area contributed by atoms with Crippen molar-refractivity contribution < 1.29 is 19.4 Å². The summed E-state index contributed by atoms with van der Waals surface area (Å²) in [6.45, 7) is 2.27. The lowest BCUT2D eigenvalue weighted by atomic mass is 10.0. The van der Waals surface area contributed by atoms with Crippen LogP contribution in [0.2, 0.25) is 0 Å². The Morgan fingerprint density at radius 1 is 1.00 bits per heavy atom. The number of carbonyl (C=O) groups excluding carboxylic acids is 1. The summed E-state index contributed by atoms with van der Waals surface area (Å²) < 4.78 is 7.20. The van der Waals surface area contributed by atoms with Gasteiger partial charge in [0, 0.05) is 5.39 Å². The van der Waals surface area contributed by atoms with Gasteiger partial charge >= 0.3 is 5.97 Å². The van der Waals surface area contributed by atoms with Crippen molar-refractivity contribution in [3.63, 3.8) is 0 Å². The van der Waals surface area contributed by atoms with Gasteiger partial charge < -0.3 is 9.84 Å². The quantitative estimate of drug-likeness (QED) is 0.379. The Labute approximate surface area is 182 Å². The van der Waals surface area contributed by atoms with E-state index in [9.17, 15) is 9.59 Å². The van der Waals surface area contributed by atoms with E-state index in [4.69, 9.17) is 9.84 Å². The summed E-state index contributed by atoms with van der Waals surface area (Å²) in [5.74, 6) is -0.419. The van der Waals surface area contributed by atoms with E-state index in [2.05, 4.69) is 24.2 Å². The van der Waals surface area contributed by atoms with Crippen LogP contribution in [0.15, 0.2) is 48.7 Å². The molecule has 0 saturated heterocycles. The van der Waals surface area contributed by atoms with Crippen molar-refractivity contribution >= 4 is 22.7 Å². The molecule has 3 rings (SSSR count). The zero-order valence-electron chi connectivity index (χ0n) is 18.0. The van der Waals surface area contributed by atoms with Crippen LogP contribution in [0.1, 0.15) is 61.4 Å². The number of hydrogen-bond donors (Lipinski definition) is 1. The van der Waals surface area contributed by atoms with E-state index in [-0.39, 0.29) is 24.5 Å². The van der Waals surface area contributed by atoms with Crippen molar-refractivity contribution in [1.82, 2.24) is 9.78 Å². The number of Topliss-reactive ketones (excluding diaryl/α,β-unsaturated/α-hetero) is 1. The van der Waals surface area contributed by atoms with Gasteiger partial charge in [-0.2, -0.15) is 5.10 Å². The Kier molecular flexibility index (Phi) is 8.21. The summed E-state index contributed by atoms with van der Waals surface area (Å²) in [6, 6.07) is 12.7. The third-order valence-corrected chi connectivity index (χ3v) is 5.36. The van der Waals surface area contributed by atoms with E-state index < -0.39 is 5.97 Å². The van der Waals surface area contributed by atoms with Crippen molar-refractivity contribution in [3.8, 4) is 5.75 Å². The summed E-state index contributed by atoms with van der Waals surface area (Å²) in [5.41, 5.74) is 2.21. The summed E-state index contributed by atoms with van der Waals surface area (Å²) in [6.07, 6.45) is 10.3. The second kappa shape index (κ2) is 11.3. The number of carbonyl (C=O) groups is 2. The molecular formula is C25H30N2O4. The molecule has 0 bridgehead atoms. The molecule has 0 saturated carbocycles. The standard InChI is InChI=1S/C25H30N2O4/c1-2-3-4-5-6-7-8-19-9-12-23(13-10-19)31-18-22(28)17-27-24-14-11-20(25(29)30)15-21(24)16-26-27/h9-16H,2-8,17-18H2,1H3,(H,29,30). The second-order valence-electron chi connectivity index (χ2n) is 7.87. The minimum atomic E-state index is -0.989. The Morgan fingerprint density at radius 2 is 1.74 bits per heavy atom. The molecule has 0 unspecified atom stereocenters. The van der Waals surface area contributed by atoms with Crippen LogP contribution < -0.4 is 4.74 Å². The Balaban J connectivity index is 1.44. The number of nitrogens with zero attached hydrogens (tertiary/aromatic N) is 2. The van der Waals surface area contributed by atoms with Gasteiger partial charge in [0.05, 0.1) is 17.3 Å². The largest absolute Gasteiger partial charge is 0.486 e. The molecule has 6 nitrogen and oxygen atoms in total. The van der Waals surface area contributed by atoms with E-state index in [1.54, 1.807) is 23.0 Å². The van der Waals surface area contributed by atoms with Crippen molar-refractivity contribution in [2.24, 2.45) is 0 Å². The van der Waals surface area contributed by atoms with Crippen LogP contribution in [-0.2, 0) is 17.8 Å². The molecule has 0 aliphatic rings. The highest BCUT2D eigenvalue weighted by Crippen LogP contribution is 2.17. The van der Waals surface area contributed by atoms with E-state index in [0.29, 0.717) is 11.1 Å². The van der Waals surface area contributed by atoms with E-state index in [1.807, 2.05) is 12.1 Å². The smallest absolute Gasteiger partial charge is 0.335 e. The van der Waals surface area contributed by atoms with E-state index >= 15 is 0 Å². The van der Waals surface area contributed by atoms with Gasteiger partial charge in [0.25, 0.3) is 0 Å². The minimum absolute atomic E-state index is 0.0364. The maximum atomic E-state index is 12.3. The molecule has 164 valence electrons. The molecule has 3 aromatic rings. The predicted molar refractivity (Wildman–Crippen MR) is 121 cm³/mol. The molecule has 1 aromatic heterocycles. The number of aromatic nitrogens is 2. The third-order valence-electron chi connectivity index (χ3n) is 5.36. The first-order valence-corrected chi connectivity index (χ1v) is 11.0. The first-order valence-electron chi connectivity index (χ1n) is 11.0.